The Balaban J connectivity index is 4.03. The maximum atomic E-state index is 10.8. The van der Waals surface area contributed by atoms with Crippen molar-refractivity contribution in [1.82, 2.24) is 0 Å². The van der Waals surface area contributed by atoms with Crippen LogP contribution in [0.4, 0.5) is 0 Å². The molecule has 0 radical (unpaired) electrons. The van der Waals surface area contributed by atoms with Crippen molar-refractivity contribution >= 4 is 11.7 Å². The molecule has 4 heteroatoms. The van der Waals surface area contributed by atoms with Crippen LogP contribution in [0.2, 0.25) is 0 Å². The Morgan fingerprint density at radius 3 is 2.45 bits per heavy atom. The maximum absolute atomic E-state index is 10.8. The van der Waals surface area contributed by atoms with E-state index in [2.05, 4.69) is 9.89 Å². The van der Waals surface area contributed by atoms with E-state index in [-0.39, 0.29) is 0 Å². The molecule has 0 saturated heterocycles. The average molecular weight is 159 g/mol. The largest absolute Gasteiger partial charge is 0.464 e. The maximum Gasteiger partial charge on any atom is 0.355 e. The van der Waals surface area contributed by atoms with Gasteiger partial charge in [-0.05, 0) is 13.3 Å². The second-order valence-corrected chi connectivity index (χ2v) is 1.80. The number of esters is 1. The van der Waals surface area contributed by atoms with Crippen molar-refractivity contribution in [2.45, 2.75) is 20.3 Å². The van der Waals surface area contributed by atoms with Crippen LogP contribution in [0.25, 0.3) is 0 Å². The molecular formula is C7H13NO3. The van der Waals surface area contributed by atoms with Gasteiger partial charge in [0.25, 0.3) is 0 Å². The standard InChI is InChI=1S/C7H13NO3/c1-4-6(7(9)10-3)8-11-5-2/h4-5H2,1-3H3/b8-6-. The molecule has 0 fully saturated rings. The average Bonchev–Trinajstić information content (AvgIpc) is 2.05. The lowest BCUT2D eigenvalue weighted by atomic mass is 10.3. The summed E-state index contributed by atoms with van der Waals surface area (Å²) in [6.45, 7) is 4.07. The summed E-state index contributed by atoms with van der Waals surface area (Å²) in [5.41, 5.74) is 0.314. The van der Waals surface area contributed by atoms with E-state index in [1.165, 1.54) is 7.11 Å². The molecule has 0 saturated carbocycles. The Kier molecular flexibility index (Phi) is 5.15. The molecule has 4 nitrogen and oxygen atoms in total. The zero-order valence-corrected chi connectivity index (χ0v) is 7.09. The van der Waals surface area contributed by atoms with E-state index >= 15 is 0 Å². The first kappa shape index (κ1) is 9.94. The molecule has 11 heavy (non-hydrogen) atoms. The molecule has 0 aliphatic carbocycles. The fraction of sp³-hybridized carbons (Fsp3) is 0.714. The van der Waals surface area contributed by atoms with Crippen LogP contribution in [0, 0.1) is 0 Å². The van der Waals surface area contributed by atoms with Crippen LogP contribution in [-0.4, -0.2) is 25.4 Å². The lowest BCUT2D eigenvalue weighted by Crippen LogP contribution is -2.15. The molecule has 0 aliphatic rings. The second kappa shape index (κ2) is 5.70. The number of ether oxygens (including phenoxy) is 1. The van der Waals surface area contributed by atoms with E-state index in [0.717, 1.165) is 0 Å². The van der Waals surface area contributed by atoms with Crippen LogP contribution in [-0.2, 0) is 14.4 Å². The Bertz CT molecular complexity index is 154. The van der Waals surface area contributed by atoms with Gasteiger partial charge in [0.2, 0.25) is 0 Å². The van der Waals surface area contributed by atoms with Crippen molar-refractivity contribution < 1.29 is 14.4 Å². The highest BCUT2D eigenvalue weighted by Gasteiger charge is 2.08. The van der Waals surface area contributed by atoms with Gasteiger partial charge in [0.15, 0.2) is 5.71 Å². The minimum Gasteiger partial charge on any atom is -0.464 e. The summed E-state index contributed by atoms with van der Waals surface area (Å²) in [6, 6.07) is 0. The lowest BCUT2D eigenvalue weighted by Gasteiger charge is -1.99. The number of nitrogens with zero attached hydrogens (tertiary/aromatic N) is 1. The van der Waals surface area contributed by atoms with Crippen molar-refractivity contribution in [3.8, 4) is 0 Å². The lowest BCUT2D eigenvalue weighted by molar-refractivity contribution is -0.133. The van der Waals surface area contributed by atoms with Crippen LogP contribution in [0.5, 0.6) is 0 Å². The molecular weight excluding hydrogens is 146 g/mol. The monoisotopic (exact) mass is 159 g/mol. The van der Waals surface area contributed by atoms with Gasteiger partial charge < -0.3 is 9.57 Å². The second-order valence-electron chi connectivity index (χ2n) is 1.80. The highest BCUT2D eigenvalue weighted by atomic mass is 16.6. The van der Waals surface area contributed by atoms with Crippen molar-refractivity contribution in [3.63, 3.8) is 0 Å². The first-order valence-electron chi connectivity index (χ1n) is 3.53. The topological polar surface area (TPSA) is 47.9 Å². The van der Waals surface area contributed by atoms with Gasteiger partial charge in [-0.2, -0.15) is 0 Å². The van der Waals surface area contributed by atoms with E-state index < -0.39 is 5.97 Å². The third-order valence-corrected chi connectivity index (χ3v) is 1.06. The van der Waals surface area contributed by atoms with E-state index in [0.29, 0.717) is 18.7 Å². The fourth-order valence-electron chi connectivity index (χ4n) is 0.506. The van der Waals surface area contributed by atoms with Crippen molar-refractivity contribution in [1.29, 1.82) is 0 Å². The molecule has 0 aromatic rings. The number of rotatable bonds is 4. The number of carbonyl (C=O) groups is 1. The summed E-state index contributed by atoms with van der Waals surface area (Å²) < 4.78 is 4.45. The number of oxime groups is 1. The zero-order valence-electron chi connectivity index (χ0n) is 7.09. The van der Waals surface area contributed by atoms with Gasteiger partial charge in [0.05, 0.1) is 7.11 Å². The first-order chi connectivity index (χ1) is 5.26. The van der Waals surface area contributed by atoms with E-state index in [1.54, 1.807) is 6.92 Å². The molecule has 0 spiro atoms. The molecule has 0 amide bonds. The van der Waals surface area contributed by atoms with Gasteiger partial charge in [-0.15, -0.1) is 0 Å². The molecule has 0 N–H and O–H groups in total. The summed E-state index contributed by atoms with van der Waals surface area (Å²) in [5, 5.41) is 3.57. The van der Waals surface area contributed by atoms with Crippen molar-refractivity contribution in [2.75, 3.05) is 13.7 Å². The first-order valence-corrected chi connectivity index (χ1v) is 3.53. The molecule has 64 valence electrons. The highest BCUT2D eigenvalue weighted by Crippen LogP contribution is 1.90. The SMILES string of the molecule is CCO/N=C(/CC)C(=O)OC. The molecule has 0 rings (SSSR count). The number of methoxy groups -OCH3 is 1. The quantitative estimate of drug-likeness (QED) is 0.349. The number of carbonyl (C=O) groups excluding carboxylic acids is 1. The predicted octanol–water partition coefficient (Wildman–Crippen LogP) is 0.962. The van der Waals surface area contributed by atoms with Gasteiger partial charge in [-0.25, -0.2) is 4.79 Å². The molecule has 0 aromatic carbocycles. The highest BCUT2D eigenvalue weighted by molar-refractivity contribution is 6.36. The van der Waals surface area contributed by atoms with Crippen molar-refractivity contribution in [3.05, 3.63) is 0 Å². The van der Waals surface area contributed by atoms with E-state index in [1.807, 2.05) is 6.92 Å². The fourth-order valence-corrected chi connectivity index (χ4v) is 0.506. The zero-order chi connectivity index (χ0) is 8.69. The number of hydrogen-bond acceptors (Lipinski definition) is 4. The Morgan fingerprint density at radius 2 is 2.09 bits per heavy atom. The Hall–Kier alpha value is -1.06. The molecule has 0 bridgehead atoms. The molecule has 0 aliphatic heterocycles. The predicted molar refractivity (Wildman–Crippen MR) is 41.4 cm³/mol. The molecule has 0 unspecified atom stereocenters. The Morgan fingerprint density at radius 1 is 1.45 bits per heavy atom. The normalized spacial score (nSPS) is 11.0. The van der Waals surface area contributed by atoms with Crippen LogP contribution < -0.4 is 0 Å². The third-order valence-electron chi connectivity index (χ3n) is 1.06. The van der Waals surface area contributed by atoms with Crippen LogP contribution in [0.15, 0.2) is 5.16 Å². The van der Waals surface area contributed by atoms with Crippen molar-refractivity contribution in [2.24, 2.45) is 5.16 Å². The molecule has 0 atom stereocenters. The molecule has 0 aromatic heterocycles. The van der Waals surface area contributed by atoms with E-state index in [9.17, 15) is 4.79 Å². The van der Waals surface area contributed by atoms with Gasteiger partial charge >= 0.3 is 5.97 Å². The summed E-state index contributed by atoms with van der Waals surface area (Å²) in [4.78, 5) is 15.5. The van der Waals surface area contributed by atoms with Crippen LogP contribution in [0.1, 0.15) is 20.3 Å². The summed E-state index contributed by atoms with van der Waals surface area (Å²) >= 11 is 0. The van der Waals surface area contributed by atoms with Gasteiger partial charge in [0.1, 0.15) is 6.61 Å². The van der Waals surface area contributed by atoms with Gasteiger partial charge in [-0.1, -0.05) is 12.1 Å². The summed E-state index contributed by atoms with van der Waals surface area (Å²) in [7, 11) is 1.32. The van der Waals surface area contributed by atoms with Crippen LogP contribution in [0.3, 0.4) is 0 Å². The minimum absolute atomic E-state index is 0.314. The minimum atomic E-state index is -0.430. The van der Waals surface area contributed by atoms with Gasteiger partial charge in [0, 0.05) is 0 Å². The molecule has 0 heterocycles. The van der Waals surface area contributed by atoms with E-state index in [4.69, 9.17) is 4.84 Å². The van der Waals surface area contributed by atoms with Gasteiger partial charge in [-0.3, -0.25) is 0 Å². The summed E-state index contributed by atoms with van der Waals surface area (Å²) in [6.07, 6.45) is 0.521. The summed E-state index contributed by atoms with van der Waals surface area (Å²) in [5.74, 6) is -0.430. The van der Waals surface area contributed by atoms with Crippen LogP contribution >= 0.6 is 0 Å². The Labute approximate surface area is 66.2 Å². The smallest absolute Gasteiger partial charge is 0.355 e. The third kappa shape index (κ3) is 3.60. The number of hydrogen-bond donors (Lipinski definition) is 0.